The van der Waals surface area contributed by atoms with E-state index in [-0.39, 0.29) is 47.5 Å². The number of rotatable bonds is 6. The van der Waals surface area contributed by atoms with Crippen LogP contribution in [0.3, 0.4) is 0 Å². The topological polar surface area (TPSA) is 122 Å². The Kier molecular flexibility index (Phi) is 9.62. The normalized spacial score (nSPS) is 20.4. The molecule has 302 valence electrons. The average Bonchev–Trinajstić information content (AvgIpc) is 3.71. The second-order valence-corrected chi connectivity index (χ2v) is 18.1. The quantitative estimate of drug-likeness (QED) is 0.151. The van der Waals surface area contributed by atoms with Crippen molar-refractivity contribution in [1.82, 2.24) is 24.8 Å². The highest BCUT2D eigenvalue weighted by Gasteiger charge is 2.49. The number of carbonyl (C=O) groups is 2. The lowest BCUT2D eigenvalue weighted by Gasteiger charge is -2.42. The highest BCUT2D eigenvalue weighted by molar-refractivity contribution is 6.09. The second kappa shape index (κ2) is 14.3. The molecule has 13 heteroatoms. The number of pyridine rings is 1. The maximum atomic E-state index is 17.4. The first kappa shape index (κ1) is 39.1. The number of terminal acetylenes is 1. The Morgan fingerprint density at radius 3 is 2.28 bits per heavy atom. The summed E-state index contributed by atoms with van der Waals surface area (Å²) in [4.78, 5) is 46.9. The molecule has 0 aliphatic carbocycles. The van der Waals surface area contributed by atoms with E-state index in [1.807, 2.05) is 25.7 Å². The molecule has 0 spiro atoms. The van der Waals surface area contributed by atoms with E-state index >= 15 is 4.39 Å². The van der Waals surface area contributed by atoms with Crippen LogP contribution in [0.5, 0.6) is 6.01 Å². The van der Waals surface area contributed by atoms with Crippen LogP contribution in [-0.2, 0) is 9.47 Å². The fourth-order valence-electron chi connectivity index (χ4n) is 9.10. The minimum Gasteiger partial charge on any atom is -0.461 e. The van der Waals surface area contributed by atoms with Crippen molar-refractivity contribution in [2.75, 3.05) is 43.0 Å². The van der Waals surface area contributed by atoms with Crippen LogP contribution in [-0.4, -0.2) is 98.5 Å². The monoisotopic (exact) mass is 787 g/mol. The number of ether oxygens (including phenoxy) is 3. The Bertz CT molecular complexity index is 2390. The van der Waals surface area contributed by atoms with Gasteiger partial charge in [-0.25, -0.2) is 14.0 Å². The maximum absolute atomic E-state index is 17.4. The fourth-order valence-corrected chi connectivity index (χ4v) is 9.10. The van der Waals surface area contributed by atoms with Gasteiger partial charge in [-0.05, 0) is 85.4 Å². The van der Waals surface area contributed by atoms with E-state index in [4.69, 9.17) is 35.6 Å². The van der Waals surface area contributed by atoms with E-state index in [0.29, 0.717) is 51.9 Å². The molecule has 2 aromatic heterocycles. The molecule has 1 N–H and O–H groups in total. The minimum atomic E-state index is -0.715. The van der Waals surface area contributed by atoms with E-state index in [2.05, 4.69) is 34.2 Å². The molecule has 4 fully saturated rings. The van der Waals surface area contributed by atoms with Crippen LogP contribution in [0.4, 0.5) is 25.5 Å². The predicted octanol–water partition coefficient (Wildman–Crippen LogP) is 8.24. The Hall–Kier alpha value is -5.74. The molecule has 4 aliphatic rings. The molecule has 0 radical (unpaired) electrons. The second-order valence-electron chi connectivity index (χ2n) is 18.1. The fraction of sp³-hybridized carbons (Fsp3) is 0.444. The van der Waals surface area contributed by atoms with Gasteiger partial charge in [-0.1, -0.05) is 42.4 Å². The number of hydrogen-bond acceptors (Lipinski definition) is 10. The van der Waals surface area contributed by atoms with Gasteiger partial charge >= 0.3 is 18.2 Å². The first-order chi connectivity index (χ1) is 27.4. The van der Waals surface area contributed by atoms with Crippen molar-refractivity contribution in [3.05, 3.63) is 72.2 Å². The molecule has 2 unspecified atom stereocenters. The summed E-state index contributed by atoms with van der Waals surface area (Å²) < 4.78 is 35.2. The first-order valence-electron chi connectivity index (χ1n) is 19.8. The summed E-state index contributed by atoms with van der Waals surface area (Å²) in [5.74, 6) is 2.52. The van der Waals surface area contributed by atoms with Crippen LogP contribution < -0.4 is 15.0 Å². The number of piperazine rings is 1. The third-order valence-corrected chi connectivity index (χ3v) is 11.2. The summed E-state index contributed by atoms with van der Waals surface area (Å²) in [6.45, 7) is 22.2. The number of carbonyl (C=O) groups excluding carboxylic acids is 2. The van der Waals surface area contributed by atoms with Crippen molar-refractivity contribution < 1.29 is 28.2 Å². The number of nitrogens with zero attached hydrogens (tertiary/aromatic N) is 6. The smallest absolute Gasteiger partial charge is 0.412 e. The van der Waals surface area contributed by atoms with Crippen molar-refractivity contribution in [2.24, 2.45) is 0 Å². The molecule has 2 aromatic carbocycles. The molecule has 4 aromatic rings. The van der Waals surface area contributed by atoms with Crippen LogP contribution in [0.25, 0.3) is 32.9 Å². The van der Waals surface area contributed by atoms with Crippen molar-refractivity contribution in [3.8, 4) is 29.6 Å². The average molecular weight is 788 g/mol. The lowest BCUT2D eigenvalue weighted by atomic mass is 9.92. The standard InChI is InChI=1S/C45H50FN7O5/c1-10-28-12-11-13-31-34(48-41(54)57-43(4,5)6)17-16-32(35(28)31)37-36(46)38-33(20-47-37)39(51-23-29-14-15-30(24-51)53(29)42(55)58-44(7,8)9)50-40(49-38)56-25-45-18-26(2)21-52(45)22-27(3)19-45/h1,11-13,16-17,20,29-30H,2-3,14-15,18-19,21-25H2,4-9H3,(H,48,54). The molecule has 2 bridgehead atoms. The molecule has 4 aliphatic heterocycles. The van der Waals surface area contributed by atoms with Gasteiger partial charge in [0.05, 0.1) is 28.7 Å². The van der Waals surface area contributed by atoms with Gasteiger partial charge in [-0.2, -0.15) is 9.97 Å². The number of fused-ring (bicyclic) bond motifs is 5. The van der Waals surface area contributed by atoms with Gasteiger partial charge in [0.25, 0.3) is 0 Å². The molecule has 6 heterocycles. The van der Waals surface area contributed by atoms with Crippen molar-refractivity contribution >= 4 is 45.4 Å². The van der Waals surface area contributed by atoms with Crippen LogP contribution in [0.1, 0.15) is 72.8 Å². The lowest BCUT2D eigenvalue weighted by molar-refractivity contribution is 0.0122. The molecular formula is C45H50FN7O5. The lowest BCUT2D eigenvalue weighted by Crippen LogP contribution is -2.57. The van der Waals surface area contributed by atoms with Crippen LogP contribution in [0.2, 0.25) is 0 Å². The molecule has 2 atom stereocenters. The number of halogens is 1. The summed E-state index contributed by atoms with van der Waals surface area (Å²) in [5, 5.41) is 4.36. The highest BCUT2D eigenvalue weighted by atomic mass is 19.1. The van der Waals surface area contributed by atoms with Crippen molar-refractivity contribution in [3.63, 3.8) is 0 Å². The van der Waals surface area contributed by atoms with Crippen LogP contribution in [0, 0.1) is 18.2 Å². The van der Waals surface area contributed by atoms with Crippen molar-refractivity contribution in [2.45, 2.75) is 96.1 Å². The Morgan fingerprint density at radius 1 is 0.966 bits per heavy atom. The zero-order valence-corrected chi connectivity index (χ0v) is 34.1. The van der Waals surface area contributed by atoms with Crippen LogP contribution >= 0.6 is 0 Å². The summed E-state index contributed by atoms with van der Waals surface area (Å²) >= 11 is 0. The van der Waals surface area contributed by atoms with E-state index < -0.39 is 23.1 Å². The van der Waals surface area contributed by atoms with Gasteiger partial charge in [0.2, 0.25) is 0 Å². The maximum Gasteiger partial charge on any atom is 0.412 e. The van der Waals surface area contributed by atoms with Gasteiger partial charge in [-0.3, -0.25) is 20.1 Å². The van der Waals surface area contributed by atoms with Gasteiger partial charge in [0.15, 0.2) is 5.82 Å². The van der Waals surface area contributed by atoms with Crippen LogP contribution in [0.15, 0.2) is 60.8 Å². The van der Waals surface area contributed by atoms with E-state index in [9.17, 15) is 9.59 Å². The molecule has 0 saturated carbocycles. The minimum absolute atomic E-state index is 0.0263. The Morgan fingerprint density at radius 2 is 1.64 bits per heavy atom. The highest BCUT2D eigenvalue weighted by Crippen LogP contribution is 2.44. The number of amides is 2. The Labute approximate surface area is 338 Å². The zero-order valence-electron chi connectivity index (χ0n) is 34.1. The SMILES string of the molecule is C#Cc1cccc2c(NC(=O)OC(C)(C)C)ccc(-c3ncc4c(N5CC6CCC(C5)N6C(=O)OC(C)(C)C)nc(OCC56CC(=C)CN5CC(=C)C6)nc4c3F)c12. The third kappa shape index (κ3) is 7.30. The molecular weight excluding hydrogens is 738 g/mol. The zero-order chi connectivity index (χ0) is 41.3. The van der Waals surface area contributed by atoms with E-state index in [0.717, 1.165) is 49.9 Å². The molecule has 12 nitrogen and oxygen atoms in total. The predicted molar refractivity (Wildman–Crippen MR) is 222 cm³/mol. The largest absolute Gasteiger partial charge is 0.461 e. The number of anilines is 2. The third-order valence-electron chi connectivity index (χ3n) is 11.2. The van der Waals surface area contributed by atoms with Crippen molar-refractivity contribution in [1.29, 1.82) is 0 Å². The number of benzene rings is 2. The molecule has 58 heavy (non-hydrogen) atoms. The van der Waals surface area contributed by atoms with Gasteiger partial charge in [-0.15, -0.1) is 6.42 Å². The van der Waals surface area contributed by atoms with Gasteiger partial charge in [0, 0.05) is 54.3 Å². The summed E-state index contributed by atoms with van der Waals surface area (Å²) in [5.41, 5.74) is 2.01. The number of nitrogens with one attached hydrogen (secondary N) is 1. The summed E-state index contributed by atoms with van der Waals surface area (Å²) in [7, 11) is 0. The molecule has 2 amide bonds. The van der Waals surface area contributed by atoms with E-state index in [1.54, 1.807) is 57.3 Å². The number of hydrogen-bond donors (Lipinski definition) is 1. The summed E-state index contributed by atoms with van der Waals surface area (Å²) in [6.07, 6.45) is 9.76. The molecule has 4 saturated heterocycles. The van der Waals surface area contributed by atoms with Gasteiger partial charge < -0.3 is 19.1 Å². The summed E-state index contributed by atoms with van der Waals surface area (Å²) in [6, 6.07) is 8.52. The van der Waals surface area contributed by atoms with E-state index in [1.165, 1.54) is 0 Å². The number of aromatic nitrogens is 3. The Balaban J connectivity index is 1.22. The molecule has 8 rings (SSSR count). The first-order valence-corrected chi connectivity index (χ1v) is 19.8. The van der Waals surface area contributed by atoms with Gasteiger partial charge in [0.1, 0.15) is 34.8 Å².